The highest BCUT2D eigenvalue weighted by Gasteiger charge is 2.05. The Kier molecular flexibility index (Phi) is 5.55. The van der Waals surface area contributed by atoms with E-state index in [1.807, 2.05) is 0 Å². The summed E-state index contributed by atoms with van der Waals surface area (Å²) >= 11 is 0. The summed E-state index contributed by atoms with van der Waals surface area (Å²) in [6.45, 7) is 0.657. The van der Waals surface area contributed by atoms with Crippen molar-refractivity contribution >= 4 is 5.69 Å². The van der Waals surface area contributed by atoms with Gasteiger partial charge in [0.2, 0.25) is 0 Å². The Morgan fingerprint density at radius 2 is 2.29 bits per heavy atom. The zero-order valence-corrected chi connectivity index (χ0v) is 9.41. The van der Waals surface area contributed by atoms with E-state index in [1.165, 1.54) is 12.1 Å². The molecule has 0 spiro atoms. The summed E-state index contributed by atoms with van der Waals surface area (Å²) < 4.78 is 5.31. The smallest absolute Gasteiger partial charge is 0.269 e. The standard InChI is InChI=1S/C11H16N2O4/c12-10(7-14)4-5-17-8-9-2-1-3-11(6-9)13(15)16/h1-3,6,10,14H,4-5,7-8,12H2/t10-/m0/s1. The predicted octanol–water partition coefficient (Wildman–Crippen LogP) is 0.821. The molecule has 0 bridgehead atoms. The van der Waals surface area contributed by atoms with Crippen molar-refractivity contribution in [3.8, 4) is 0 Å². The average Bonchev–Trinajstić information content (AvgIpc) is 2.34. The van der Waals surface area contributed by atoms with Gasteiger partial charge in [-0.25, -0.2) is 0 Å². The van der Waals surface area contributed by atoms with Crippen molar-refractivity contribution in [3.05, 3.63) is 39.9 Å². The van der Waals surface area contributed by atoms with E-state index in [2.05, 4.69) is 0 Å². The number of aliphatic hydroxyl groups is 1. The quantitative estimate of drug-likeness (QED) is 0.417. The minimum atomic E-state index is -0.439. The molecule has 0 amide bonds. The lowest BCUT2D eigenvalue weighted by molar-refractivity contribution is -0.384. The molecule has 0 unspecified atom stereocenters. The molecule has 6 nitrogen and oxygen atoms in total. The monoisotopic (exact) mass is 240 g/mol. The number of nitro groups is 1. The van der Waals surface area contributed by atoms with Crippen LogP contribution in [0.15, 0.2) is 24.3 Å². The highest BCUT2D eigenvalue weighted by atomic mass is 16.6. The van der Waals surface area contributed by atoms with E-state index < -0.39 is 4.92 Å². The molecule has 3 N–H and O–H groups in total. The number of non-ortho nitro benzene ring substituents is 1. The zero-order chi connectivity index (χ0) is 12.7. The van der Waals surface area contributed by atoms with Crippen LogP contribution in [0, 0.1) is 10.1 Å². The number of nitrogens with two attached hydrogens (primary N) is 1. The van der Waals surface area contributed by atoms with E-state index in [0.717, 1.165) is 5.56 Å². The van der Waals surface area contributed by atoms with Gasteiger partial charge in [-0.2, -0.15) is 0 Å². The van der Waals surface area contributed by atoms with E-state index in [9.17, 15) is 10.1 Å². The highest BCUT2D eigenvalue weighted by Crippen LogP contribution is 2.13. The summed E-state index contributed by atoms with van der Waals surface area (Å²) in [5, 5.41) is 19.2. The Bertz CT molecular complexity index is 370. The minimum Gasteiger partial charge on any atom is -0.395 e. The second-order valence-electron chi connectivity index (χ2n) is 3.71. The Morgan fingerprint density at radius 1 is 1.53 bits per heavy atom. The first-order chi connectivity index (χ1) is 8.13. The van der Waals surface area contributed by atoms with Gasteiger partial charge in [-0.15, -0.1) is 0 Å². The van der Waals surface area contributed by atoms with Crippen molar-refractivity contribution in [2.24, 2.45) is 5.73 Å². The molecule has 1 aromatic carbocycles. The second kappa shape index (κ2) is 6.95. The van der Waals surface area contributed by atoms with Gasteiger partial charge in [0.05, 0.1) is 18.1 Å². The fraction of sp³-hybridized carbons (Fsp3) is 0.455. The molecule has 1 rings (SSSR count). The third-order valence-electron chi connectivity index (χ3n) is 2.26. The molecular weight excluding hydrogens is 224 g/mol. The molecule has 0 fully saturated rings. The Balaban J connectivity index is 2.36. The first-order valence-corrected chi connectivity index (χ1v) is 5.31. The van der Waals surface area contributed by atoms with Crippen LogP contribution >= 0.6 is 0 Å². The van der Waals surface area contributed by atoms with Crippen LogP contribution in [0.1, 0.15) is 12.0 Å². The number of ether oxygens (including phenoxy) is 1. The van der Waals surface area contributed by atoms with Crippen molar-refractivity contribution in [1.29, 1.82) is 0 Å². The SMILES string of the molecule is N[C@H](CO)CCOCc1cccc([N+](=O)[O-])c1. The van der Waals surface area contributed by atoms with Gasteiger partial charge in [0.1, 0.15) is 0 Å². The third-order valence-corrected chi connectivity index (χ3v) is 2.26. The summed E-state index contributed by atoms with van der Waals surface area (Å²) in [6.07, 6.45) is 0.561. The van der Waals surface area contributed by atoms with Crippen LogP contribution in [-0.4, -0.2) is 29.3 Å². The maximum absolute atomic E-state index is 10.5. The number of hydrogen-bond donors (Lipinski definition) is 2. The minimum absolute atomic E-state index is 0.0539. The van der Waals surface area contributed by atoms with Crippen molar-refractivity contribution < 1.29 is 14.8 Å². The van der Waals surface area contributed by atoms with Crippen LogP contribution in [0.5, 0.6) is 0 Å². The number of benzene rings is 1. The van der Waals surface area contributed by atoms with Crippen LogP contribution in [0.4, 0.5) is 5.69 Å². The summed E-state index contributed by atoms with van der Waals surface area (Å²) in [5.74, 6) is 0. The average molecular weight is 240 g/mol. The maximum Gasteiger partial charge on any atom is 0.269 e. The molecule has 17 heavy (non-hydrogen) atoms. The van der Waals surface area contributed by atoms with Crippen molar-refractivity contribution in [3.63, 3.8) is 0 Å². The largest absolute Gasteiger partial charge is 0.395 e. The van der Waals surface area contributed by atoms with E-state index >= 15 is 0 Å². The third kappa shape index (κ3) is 4.90. The van der Waals surface area contributed by atoms with Gasteiger partial charge in [-0.1, -0.05) is 12.1 Å². The summed E-state index contributed by atoms with van der Waals surface area (Å²) in [6, 6.07) is 6.02. The number of nitrogens with zero attached hydrogens (tertiary/aromatic N) is 1. The number of aliphatic hydroxyl groups excluding tert-OH is 1. The Labute approximate surface area is 99.2 Å². The number of hydrogen-bond acceptors (Lipinski definition) is 5. The molecule has 94 valence electrons. The normalized spacial score (nSPS) is 12.4. The van der Waals surface area contributed by atoms with Crippen LogP contribution < -0.4 is 5.73 Å². The van der Waals surface area contributed by atoms with Gasteiger partial charge in [-0.05, 0) is 12.0 Å². The molecular formula is C11H16N2O4. The maximum atomic E-state index is 10.5. The Hall–Kier alpha value is -1.50. The molecule has 0 saturated heterocycles. The topological polar surface area (TPSA) is 98.6 Å². The fourth-order valence-corrected chi connectivity index (χ4v) is 1.28. The molecule has 0 saturated carbocycles. The van der Waals surface area contributed by atoms with Gasteiger partial charge in [0.15, 0.2) is 0 Å². The van der Waals surface area contributed by atoms with Gasteiger partial charge in [-0.3, -0.25) is 10.1 Å². The summed E-state index contributed by atoms with van der Waals surface area (Å²) in [5.41, 5.74) is 6.30. The van der Waals surface area contributed by atoms with E-state index in [-0.39, 0.29) is 18.3 Å². The number of rotatable bonds is 7. The molecule has 6 heteroatoms. The molecule has 0 aliphatic carbocycles. The second-order valence-corrected chi connectivity index (χ2v) is 3.71. The van der Waals surface area contributed by atoms with E-state index in [1.54, 1.807) is 12.1 Å². The van der Waals surface area contributed by atoms with Crippen LogP contribution in [0.3, 0.4) is 0 Å². The molecule has 1 aromatic rings. The lowest BCUT2D eigenvalue weighted by Gasteiger charge is -2.08. The fourth-order valence-electron chi connectivity index (χ4n) is 1.28. The number of nitro benzene ring substituents is 1. The highest BCUT2D eigenvalue weighted by molar-refractivity contribution is 5.33. The lowest BCUT2D eigenvalue weighted by Crippen LogP contribution is -2.25. The van der Waals surface area contributed by atoms with Gasteiger partial charge < -0.3 is 15.6 Å². The molecule has 0 aliphatic heterocycles. The lowest BCUT2D eigenvalue weighted by atomic mass is 10.2. The van der Waals surface area contributed by atoms with Crippen LogP contribution in [-0.2, 0) is 11.3 Å². The zero-order valence-electron chi connectivity index (χ0n) is 9.41. The van der Waals surface area contributed by atoms with Gasteiger partial charge in [0.25, 0.3) is 5.69 Å². The van der Waals surface area contributed by atoms with Crippen LogP contribution in [0.25, 0.3) is 0 Å². The van der Waals surface area contributed by atoms with E-state index in [0.29, 0.717) is 19.6 Å². The predicted molar refractivity (Wildman–Crippen MR) is 62.4 cm³/mol. The first-order valence-electron chi connectivity index (χ1n) is 5.31. The van der Waals surface area contributed by atoms with Crippen LogP contribution in [0.2, 0.25) is 0 Å². The molecule has 0 radical (unpaired) electrons. The first kappa shape index (κ1) is 13.6. The van der Waals surface area contributed by atoms with Crippen molar-refractivity contribution in [2.45, 2.75) is 19.1 Å². The van der Waals surface area contributed by atoms with Gasteiger partial charge >= 0.3 is 0 Å². The Morgan fingerprint density at radius 3 is 2.94 bits per heavy atom. The summed E-state index contributed by atoms with van der Waals surface area (Å²) in [4.78, 5) is 10.1. The molecule has 1 atom stereocenters. The molecule has 0 aliphatic rings. The van der Waals surface area contributed by atoms with Gasteiger partial charge in [0, 0.05) is 24.8 Å². The molecule has 0 aromatic heterocycles. The van der Waals surface area contributed by atoms with Crippen molar-refractivity contribution in [2.75, 3.05) is 13.2 Å². The summed E-state index contributed by atoms with van der Waals surface area (Å²) in [7, 11) is 0. The molecule has 0 heterocycles. The van der Waals surface area contributed by atoms with E-state index in [4.69, 9.17) is 15.6 Å². The van der Waals surface area contributed by atoms with Crippen molar-refractivity contribution in [1.82, 2.24) is 0 Å².